The van der Waals surface area contributed by atoms with Crippen LogP contribution in [0.15, 0.2) is 48.5 Å². The molecule has 0 radical (unpaired) electrons. The van der Waals surface area contributed by atoms with Crippen LogP contribution >= 0.6 is 0 Å². The highest BCUT2D eigenvalue weighted by Crippen LogP contribution is 2.28. The van der Waals surface area contributed by atoms with Gasteiger partial charge in [0.1, 0.15) is 13.2 Å². The Morgan fingerprint density at radius 3 is 1.32 bits per heavy atom. The minimum Gasteiger partial charge on any atom is -0.486 e. The molecule has 0 atom stereocenters. The fourth-order valence-corrected chi connectivity index (χ4v) is 2.26. The maximum absolute atomic E-state index is 5.30. The minimum absolute atomic E-state index is 0.645. The Labute approximate surface area is 134 Å². The lowest BCUT2D eigenvalue weighted by molar-refractivity contribution is 0.171. The van der Waals surface area contributed by atoms with Crippen molar-refractivity contribution in [1.29, 1.82) is 0 Å². The van der Waals surface area contributed by atoms with Gasteiger partial charge in [-0.05, 0) is 35.1 Å². The minimum atomic E-state index is 0.645. The van der Waals surface area contributed by atoms with Crippen LogP contribution in [-0.2, 0) is 0 Å². The third-order valence-electron chi connectivity index (χ3n) is 3.72. The number of hydrogen-bond acceptors (Lipinski definition) is 2. The lowest BCUT2D eigenvalue weighted by atomic mass is 9.97. The summed E-state index contributed by atoms with van der Waals surface area (Å²) in [6, 6.07) is 16.6. The fourth-order valence-electron chi connectivity index (χ4n) is 2.26. The SMILES string of the molecule is CC(C)c1ccc(C(C)C)cc1.c1ccc2c(c1)OCCO2. The van der Waals surface area contributed by atoms with E-state index in [-0.39, 0.29) is 0 Å². The van der Waals surface area contributed by atoms with Gasteiger partial charge in [0.05, 0.1) is 0 Å². The maximum Gasteiger partial charge on any atom is 0.161 e. The van der Waals surface area contributed by atoms with Gasteiger partial charge in [0, 0.05) is 0 Å². The van der Waals surface area contributed by atoms with Gasteiger partial charge in [-0.1, -0.05) is 64.1 Å². The van der Waals surface area contributed by atoms with E-state index in [2.05, 4.69) is 52.0 Å². The molecule has 0 aliphatic carbocycles. The van der Waals surface area contributed by atoms with E-state index in [1.54, 1.807) is 0 Å². The molecule has 0 spiro atoms. The first-order valence-electron chi connectivity index (χ1n) is 8.02. The average Bonchev–Trinajstić information content (AvgIpc) is 2.55. The van der Waals surface area contributed by atoms with Gasteiger partial charge in [-0.25, -0.2) is 0 Å². The molecule has 22 heavy (non-hydrogen) atoms. The number of rotatable bonds is 2. The van der Waals surface area contributed by atoms with Crippen LogP contribution in [0.2, 0.25) is 0 Å². The summed E-state index contributed by atoms with van der Waals surface area (Å²) in [4.78, 5) is 0. The summed E-state index contributed by atoms with van der Waals surface area (Å²) in [5.74, 6) is 3.00. The van der Waals surface area contributed by atoms with Crippen LogP contribution in [0.5, 0.6) is 11.5 Å². The van der Waals surface area contributed by atoms with Crippen molar-refractivity contribution in [3.05, 3.63) is 59.7 Å². The standard InChI is InChI=1S/C12H18.C8H8O2/c1-9(2)11-5-7-12(8-6-11)10(3)4;1-2-4-8-7(3-1)9-5-6-10-8/h5-10H,1-4H3;1-4H,5-6H2. The number of fused-ring (bicyclic) bond motifs is 1. The normalized spacial score (nSPS) is 12.8. The summed E-state index contributed by atoms with van der Waals surface area (Å²) < 4.78 is 10.6. The summed E-state index contributed by atoms with van der Waals surface area (Å²) in [7, 11) is 0. The van der Waals surface area contributed by atoms with Gasteiger partial charge in [-0.15, -0.1) is 0 Å². The van der Waals surface area contributed by atoms with Crippen molar-refractivity contribution >= 4 is 0 Å². The van der Waals surface area contributed by atoms with Crippen molar-refractivity contribution in [2.75, 3.05) is 13.2 Å². The second-order valence-electron chi connectivity index (χ2n) is 6.12. The summed E-state index contributed by atoms with van der Waals surface area (Å²) in [6.45, 7) is 10.2. The number of benzene rings is 2. The number of para-hydroxylation sites is 2. The van der Waals surface area contributed by atoms with E-state index in [1.807, 2.05) is 24.3 Å². The van der Waals surface area contributed by atoms with E-state index < -0.39 is 0 Å². The zero-order chi connectivity index (χ0) is 15.9. The molecule has 3 rings (SSSR count). The first kappa shape index (κ1) is 16.4. The lowest BCUT2D eigenvalue weighted by Gasteiger charge is -2.17. The van der Waals surface area contributed by atoms with Crippen LogP contribution in [0, 0.1) is 0 Å². The van der Waals surface area contributed by atoms with Crippen molar-refractivity contribution in [2.24, 2.45) is 0 Å². The van der Waals surface area contributed by atoms with Crippen molar-refractivity contribution < 1.29 is 9.47 Å². The zero-order valence-corrected chi connectivity index (χ0v) is 14.0. The van der Waals surface area contributed by atoms with Crippen LogP contribution in [0.1, 0.15) is 50.7 Å². The molecule has 0 saturated carbocycles. The van der Waals surface area contributed by atoms with Crippen LogP contribution in [0.4, 0.5) is 0 Å². The van der Waals surface area contributed by atoms with E-state index in [9.17, 15) is 0 Å². The summed E-state index contributed by atoms with van der Waals surface area (Å²) in [5, 5.41) is 0. The molecule has 1 heterocycles. The second kappa shape index (κ2) is 7.88. The third kappa shape index (κ3) is 4.52. The Morgan fingerprint density at radius 1 is 0.636 bits per heavy atom. The van der Waals surface area contributed by atoms with Crippen LogP contribution in [0.25, 0.3) is 0 Å². The van der Waals surface area contributed by atoms with Crippen LogP contribution in [0.3, 0.4) is 0 Å². The fraction of sp³-hybridized carbons (Fsp3) is 0.400. The molecular formula is C20H26O2. The Kier molecular flexibility index (Phi) is 5.88. The molecule has 118 valence electrons. The molecule has 0 saturated heterocycles. The highest BCUT2D eigenvalue weighted by molar-refractivity contribution is 5.40. The summed E-state index contributed by atoms with van der Waals surface area (Å²) >= 11 is 0. The smallest absolute Gasteiger partial charge is 0.161 e. The molecule has 2 aromatic carbocycles. The predicted octanol–water partition coefficient (Wildman–Crippen LogP) is 5.39. The van der Waals surface area contributed by atoms with Crippen molar-refractivity contribution in [3.63, 3.8) is 0 Å². The highest BCUT2D eigenvalue weighted by Gasteiger charge is 2.08. The quantitative estimate of drug-likeness (QED) is 0.740. The molecule has 2 nitrogen and oxygen atoms in total. The molecule has 2 aromatic rings. The Hall–Kier alpha value is -1.96. The Balaban J connectivity index is 0.000000162. The summed E-state index contributed by atoms with van der Waals surface area (Å²) in [6.07, 6.45) is 0. The van der Waals surface area contributed by atoms with Gasteiger partial charge in [0.2, 0.25) is 0 Å². The Morgan fingerprint density at radius 2 is 1.00 bits per heavy atom. The van der Waals surface area contributed by atoms with E-state index in [4.69, 9.17) is 9.47 Å². The molecule has 1 aliphatic rings. The second-order valence-corrected chi connectivity index (χ2v) is 6.12. The van der Waals surface area contributed by atoms with Crippen LogP contribution < -0.4 is 9.47 Å². The number of ether oxygens (including phenoxy) is 2. The third-order valence-corrected chi connectivity index (χ3v) is 3.72. The number of hydrogen-bond donors (Lipinski definition) is 0. The molecule has 0 unspecified atom stereocenters. The first-order chi connectivity index (χ1) is 10.6. The van der Waals surface area contributed by atoms with E-state index in [1.165, 1.54) is 11.1 Å². The van der Waals surface area contributed by atoms with Crippen LogP contribution in [-0.4, -0.2) is 13.2 Å². The van der Waals surface area contributed by atoms with Crippen molar-refractivity contribution in [2.45, 2.75) is 39.5 Å². The molecule has 2 heteroatoms. The van der Waals surface area contributed by atoms with Gasteiger partial charge in [-0.3, -0.25) is 0 Å². The maximum atomic E-state index is 5.30. The summed E-state index contributed by atoms with van der Waals surface area (Å²) in [5.41, 5.74) is 2.86. The van der Waals surface area contributed by atoms with Crippen molar-refractivity contribution in [1.82, 2.24) is 0 Å². The molecular weight excluding hydrogens is 272 g/mol. The largest absolute Gasteiger partial charge is 0.486 e. The Bertz CT molecular complexity index is 519. The molecule has 0 N–H and O–H groups in total. The van der Waals surface area contributed by atoms with Gasteiger partial charge in [-0.2, -0.15) is 0 Å². The highest BCUT2D eigenvalue weighted by atomic mass is 16.6. The molecule has 0 aromatic heterocycles. The topological polar surface area (TPSA) is 18.5 Å². The van der Waals surface area contributed by atoms with Gasteiger partial charge < -0.3 is 9.47 Å². The monoisotopic (exact) mass is 298 g/mol. The van der Waals surface area contributed by atoms with E-state index in [0.29, 0.717) is 25.0 Å². The molecule has 0 amide bonds. The van der Waals surface area contributed by atoms with Gasteiger partial charge >= 0.3 is 0 Å². The lowest BCUT2D eigenvalue weighted by Crippen LogP contribution is -2.14. The van der Waals surface area contributed by atoms with Gasteiger partial charge in [0.15, 0.2) is 11.5 Å². The molecule has 0 bridgehead atoms. The van der Waals surface area contributed by atoms with E-state index >= 15 is 0 Å². The first-order valence-corrected chi connectivity index (χ1v) is 8.02. The predicted molar refractivity (Wildman–Crippen MR) is 92.1 cm³/mol. The molecule has 1 aliphatic heterocycles. The van der Waals surface area contributed by atoms with Crippen molar-refractivity contribution in [3.8, 4) is 11.5 Å². The average molecular weight is 298 g/mol. The molecule has 0 fully saturated rings. The van der Waals surface area contributed by atoms with Gasteiger partial charge in [0.25, 0.3) is 0 Å². The zero-order valence-electron chi connectivity index (χ0n) is 14.0. The van der Waals surface area contributed by atoms with E-state index in [0.717, 1.165) is 11.5 Å².